The summed E-state index contributed by atoms with van der Waals surface area (Å²) in [5, 5.41) is 0. The van der Waals surface area contributed by atoms with Crippen molar-refractivity contribution in [3.63, 3.8) is 0 Å². The first kappa shape index (κ1) is 38.4. The number of nitrogens with two attached hydrogens (primary N) is 1. The van der Waals surface area contributed by atoms with Gasteiger partial charge in [0.2, 0.25) is 5.91 Å². The van der Waals surface area contributed by atoms with Crippen LogP contribution in [0, 0.1) is 16.7 Å². The van der Waals surface area contributed by atoms with Crippen LogP contribution < -0.4 is 5.73 Å². The molecule has 0 aromatic carbocycles. The second kappa shape index (κ2) is 16.8. The third-order valence-electron chi connectivity index (χ3n) is 7.56. The zero-order valence-electron chi connectivity index (χ0n) is 28.3. The van der Waals surface area contributed by atoms with Crippen LogP contribution in [0.25, 0.3) is 0 Å². The van der Waals surface area contributed by atoms with Crippen LogP contribution in [0.4, 0.5) is 0 Å². The van der Waals surface area contributed by atoms with Crippen LogP contribution >= 0.6 is 0 Å². The summed E-state index contributed by atoms with van der Waals surface area (Å²) < 4.78 is 12.3. The van der Waals surface area contributed by atoms with E-state index in [1.807, 2.05) is 18.7 Å². The number of carbonyl (C=O) groups excluding carboxylic acids is 1. The van der Waals surface area contributed by atoms with Gasteiger partial charge in [0.15, 0.2) is 0 Å². The van der Waals surface area contributed by atoms with Gasteiger partial charge < -0.3 is 20.1 Å². The second-order valence-electron chi connectivity index (χ2n) is 16.0. The van der Waals surface area contributed by atoms with E-state index in [0.29, 0.717) is 25.3 Å². The van der Waals surface area contributed by atoms with Crippen LogP contribution in [0.3, 0.4) is 0 Å². The molecule has 1 atom stereocenters. The van der Waals surface area contributed by atoms with Gasteiger partial charge in [0.25, 0.3) is 0 Å². The van der Waals surface area contributed by atoms with E-state index in [2.05, 4.69) is 69.2 Å². The topological polar surface area (TPSA) is 64.8 Å². The fraction of sp³-hybridized carbons (Fsp3) is 0.970. The molecule has 6 heteroatoms. The average molecular weight is 551 g/mol. The number of amides is 1. The van der Waals surface area contributed by atoms with Gasteiger partial charge in [-0.25, -0.2) is 0 Å². The average Bonchev–Trinajstić information content (AvgIpc) is 2.73. The number of unbranched alkanes of at least 4 members (excludes halogenated alkanes) is 2. The molecular formula is C33H67BN2O3. The van der Waals surface area contributed by atoms with Crippen LogP contribution in [0.2, 0.25) is 6.32 Å². The number of nitrogens with zero attached hydrogens (tertiary/aromatic N) is 1. The summed E-state index contributed by atoms with van der Waals surface area (Å²) in [7, 11) is 6.00. The van der Waals surface area contributed by atoms with Crippen molar-refractivity contribution in [3.8, 4) is 0 Å². The van der Waals surface area contributed by atoms with Gasteiger partial charge in [0.1, 0.15) is 0 Å². The van der Waals surface area contributed by atoms with Crippen molar-refractivity contribution in [1.29, 1.82) is 0 Å². The van der Waals surface area contributed by atoms with Gasteiger partial charge in [-0.2, -0.15) is 0 Å². The molecule has 2 N–H and O–H groups in total. The van der Waals surface area contributed by atoms with Gasteiger partial charge in [-0.05, 0) is 110 Å². The summed E-state index contributed by atoms with van der Waals surface area (Å²) in [6, 6.07) is 0. The van der Waals surface area contributed by atoms with Gasteiger partial charge in [-0.15, -0.1) is 0 Å². The number of ether oxygens (including phenoxy) is 2. The minimum absolute atomic E-state index is 0.130. The Morgan fingerprint density at radius 1 is 0.795 bits per heavy atom. The van der Waals surface area contributed by atoms with Crippen molar-refractivity contribution in [1.82, 2.24) is 4.90 Å². The maximum atomic E-state index is 12.9. The van der Waals surface area contributed by atoms with E-state index >= 15 is 0 Å². The van der Waals surface area contributed by atoms with Crippen LogP contribution in [-0.4, -0.2) is 55.3 Å². The number of carbonyl (C=O) groups is 1. The second-order valence-corrected chi connectivity index (χ2v) is 16.0. The lowest BCUT2D eigenvalue weighted by Crippen LogP contribution is -2.54. The van der Waals surface area contributed by atoms with Gasteiger partial charge in [-0.1, -0.05) is 53.8 Å². The number of rotatable bonds is 20. The zero-order valence-corrected chi connectivity index (χ0v) is 28.3. The Bertz CT molecular complexity index is 672. The number of hydrogen-bond acceptors (Lipinski definition) is 4. The highest BCUT2D eigenvalue weighted by Crippen LogP contribution is 2.30. The minimum atomic E-state index is -0.619. The van der Waals surface area contributed by atoms with Crippen LogP contribution in [0.1, 0.15) is 147 Å². The maximum Gasteiger partial charge on any atom is 0.224 e. The van der Waals surface area contributed by atoms with Crippen molar-refractivity contribution < 1.29 is 14.3 Å². The lowest BCUT2D eigenvalue weighted by molar-refractivity contribution is -0.136. The summed E-state index contributed by atoms with van der Waals surface area (Å²) in [6.07, 6.45) is 10.6. The van der Waals surface area contributed by atoms with Crippen molar-refractivity contribution in [3.05, 3.63) is 0 Å². The molecule has 0 spiro atoms. The van der Waals surface area contributed by atoms with Crippen LogP contribution in [0.15, 0.2) is 0 Å². The van der Waals surface area contributed by atoms with Crippen LogP contribution in [-0.2, 0) is 14.3 Å². The standard InChI is InChI=1S/C33H67BN2O3/c1-29(2,3)19-16-17-28(37)36(33(11,12)35)23-15-13-14-20-31(7,8)22-24-38-32(9,10)21-18-27(25-34)26-39-30(4,5)6/h27H,13-26,35H2,1-12H3. The third kappa shape index (κ3) is 20.9. The molecule has 1 unspecified atom stereocenters. The van der Waals surface area contributed by atoms with E-state index in [1.54, 1.807) is 0 Å². The van der Waals surface area contributed by atoms with Crippen molar-refractivity contribution >= 4 is 13.8 Å². The first-order chi connectivity index (χ1) is 17.6. The Morgan fingerprint density at radius 3 is 1.92 bits per heavy atom. The Hall–Kier alpha value is -0.585. The Balaban J connectivity index is 4.41. The zero-order chi connectivity index (χ0) is 30.5. The molecule has 0 aromatic heterocycles. The SMILES string of the molecule is [B]CC(CCC(C)(C)OCCC(C)(C)CCCCCN(C(=O)CCCC(C)(C)C)C(C)(C)N)COC(C)(C)C. The summed E-state index contributed by atoms with van der Waals surface area (Å²) in [5.41, 5.74) is 5.94. The maximum absolute atomic E-state index is 12.9. The first-order valence-electron chi connectivity index (χ1n) is 15.6. The number of hydrogen-bond donors (Lipinski definition) is 1. The van der Waals surface area contributed by atoms with E-state index in [-0.39, 0.29) is 27.9 Å². The quantitative estimate of drug-likeness (QED) is 0.0941. The molecule has 0 aliphatic rings. The highest BCUT2D eigenvalue weighted by molar-refractivity contribution is 6.08. The molecule has 230 valence electrons. The monoisotopic (exact) mass is 551 g/mol. The molecule has 0 saturated heterocycles. The predicted molar refractivity (Wildman–Crippen MR) is 169 cm³/mol. The summed E-state index contributed by atoms with van der Waals surface area (Å²) >= 11 is 0. The molecular weight excluding hydrogens is 483 g/mol. The fourth-order valence-corrected chi connectivity index (χ4v) is 4.68. The third-order valence-corrected chi connectivity index (χ3v) is 7.56. The Kier molecular flexibility index (Phi) is 16.5. The molecule has 0 heterocycles. The summed E-state index contributed by atoms with van der Waals surface area (Å²) in [6.45, 7) is 28.1. The molecule has 0 fully saturated rings. The largest absolute Gasteiger partial charge is 0.376 e. The van der Waals surface area contributed by atoms with Gasteiger partial charge in [0, 0.05) is 26.2 Å². The van der Waals surface area contributed by atoms with Crippen molar-refractivity contribution in [2.45, 2.75) is 170 Å². The molecule has 0 aliphatic heterocycles. The van der Waals surface area contributed by atoms with Gasteiger partial charge in [-0.3, -0.25) is 4.79 Å². The molecule has 0 saturated carbocycles. The van der Waals surface area contributed by atoms with E-state index in [9.17, 15) is 4.79 Å². The van der Waals surface area contributed by atoms with Gasteiger partial charge >= 0.3 is 0 Å². The molecule has 0 aromatic rings. The van der Waals surface area contributed by atoms with E-state index in [4.69, 9.17) is 23.1 Å². The van der Waals surface area contributed by atoms with E-state index in [1.165, 1.54) is 0 Å². The van der Waals surface area contributed by atoms with E-state index in [0.717, 1.165) is 70.9 Å². The molecule has 1 amide bonds. The molecule has 0 bridgehead atoms. The van der Waals surface area contributed by atoms with E-state index < -0.39 is 5.66 Å². The highest BCUT2D eigenvalue weighted by atomic mass is 16.5. The molecule has 0 aliphatic carbocycles. The fourth-order valence-electron chi connectivity index (χ4n) is 4.68. The molecule has 2 radical (unpaired) electrons. The first-order valence-corrected chi connectivity index (χ1v) is 15.6. The smallest absolute Gasteiger partial charge is 0.224 e. The lowest BCUT2D eigenvalue weighted by atomic mass is 9.83. The highest BCUT2D eigenvalue weighted by Gasteiger charge is 2.27. The minimum Gasteiger partial charge on any atom is -0.376 e. The molecule has 39 heavy (non-hydrogen) atoms. The lowest BCUT2D eigenvalue weighted by Gasteiger charge is -2.36. The van der Waals surface area contributed by atoms with Crippen molar-refractivity contribution in [2.24, 2.45) is 22.5 Å². The normalized spacial score (nSPS) is 14.5. The van der Waals surface area contributed by atoms with Gasteiger partial charge in [0.05, 0.1) is 24.7 Å². The summed E-state index contributed by atoms with van der Waals surface area (Å²) in [5.74, 6) is 0.550. The Morgan fingerprint density at radius 2 is 1.41 bits per heavy atom. The predicted octanol–water partition coefficient (Wildman–Crippen LogP) is 8.30. The van der Waals surface area contributed by atoms with Crippen molar-refractivity contribution in [2.75, 3.05) is 19.8 Å². The summed E-state index contributed by atoms with van der Waals surface area (Å²) in [4.78, 5) is 14.8. The molecule has 5 nitrogen and oxygen atoms in total. The van der Waals surface area contributed by atoms with Crippen LogP contribution in [0.5, 0.6) is 0 Å². The Labute approximate surface area is 245 Å². The molecule has 0 rings (SSSR count).